The van der Waals surface area contributed by atoms with Crippen molar-refractivity contribution >= 4 is 17.9 Å². The average Bonchev–Trinajstić information content (AvgIpc) is 2.08. The van der Waals surface area contributed by atoms with Crippen LogP contribution in [0.15, 0.2) is 23.9 Å². The van der Waals surface area contributed by atoms with Gasteiger partial charge in [-0.3, -0.25) is 0 Å². The fourth-order valence-electron chi connectivity index (χ4n) is 0.847. The summed E-state index contributed by atoms with van der Waals surface area (Å²) in [5, 5.41) is 8.60. The Morgan fingerprint density at radius 1 is 1.69 bits per heavy atom. The Hall–Kier alpha value is -1.84. The number of hydrogen-bond donors (Lipinski definition) is 2. The second kappa shape index (κ2) is 3.71. The quantitative estimate of drug-likeness (QED) is 0.666. The Kier molecular flexibility index (Phi) is 2.64. The minimum absolute atomic E-state index is 0.236. The number of aliphatic carboxylic acids is 1. The molecular weight excluding hydrogens is 168 g/mol. The number of carbonyl (C=O) groups is 1. The van der Waals surface area contributed by atoms with E-state index in [1.807, 2.05) is 0 Å². The predicted molar refractivity (Wildman–Crippen MR) is 49.9 cm³/mol. The van der Waals surface area contributed by atoms with E-state index in [1.165, 1.54) is 13.0 Å². The van der Waals surface area contributed by atoms with E-state index in [-0.39, 0.29) is 5.57 Å². The first-order chi connectivity index (χ1) is 6.11. The zero-order chi connectivity index (χ0) is 9.84. The van der Waals surface area contributed by atoms with Gasteiger partial charge in [0.05, 0.1) is 0 Å². The van der Waals surface area contributed by atoms with E-state index in [9.17, 15) is 4.79 Å². The third-order valence-electron chi connectivity index (χ3n) is 1.58. The number of anilines is 1. The van der Waals surface area contributed by atoms with Crippen LogP contribution in [-0.4, -0.2) is 16.1 Å². The predicted octanol–water partition coefficient (Wildman–Crippen LogP) is 1.15. The Morgan fingerprint density at radius 2 is 2.38 bits per heavy atom. The minimum Gasteiger partial charge on any atom is -0.478 e. The summed E-state index contributed by atoms with van der Waals surface area (Å²) in [6.45, 7) is 1.51. The molecule has 1 rings (SSSR count). The number of hydrogen-bond acceptors (Lipinski definition) is 3. The molecule has 0 amide bonds. The number of carboxylic acid groups (broad SMARTS) is 1. The van der Waals surface area contributed by atoms with Gasteiger partial charge in [-0.05, 0) is 25.1 Å². The summed E-state index contributed by atoms with van der Waals surface area (Å²) < 4.78 is 0. The summed E-state index contributed by atoms with van der Waals surface area (Å²) in [5.41, 5.74) is 6.38. The number of rotatable bonds is 2. The van der Waals surface area contributed by atoms with Crippen molar-refractivity contribution in [3.8, 4) is 0 Å². The average molecular weight is 178 g/mol. The second-order valence-electron chi connectivity index (χ2n) is 2.61. The zero-order valence-corrected chi connectivity index (χ0v) is 7.19. The third kappa shape index (κ3) is 2.30. The van der Waals surface area contributed by atoms with Crippen LogP contribution in [0.3, 0.4) is 0 Å². The van der Waals surface area contributed by atoms with E-state index in [4.69, 9.17) is 10.8 Å². The van der Waals surface area contributed by atoms with Crippen molar-refractivity contribution in [1.29, 1.82) is 0 Å². The van der Waals surface area contributed by atoms with Crippen LogP contribution in [0.5, 0.6) is 0 Å². The van der Waals surface area contributed by atoms with Gasteiger partial charge in [-0.2, -0.15) is 0 Å². The van der Waals surface area contributed by atoms with Gasteiger partial charge in [0, 0.05) is 17.3 Å². The van der Waals surface area contributed by atoms with Crippen molar-refractivity contribution < 1.29 is 9.90 Å². The maximum absolute atomic E-state index is 10.5. The first kappa shape index (κ1) is 9.25. The fraction of sp³-hybridized carbons (Fsp3) is 0.111. The zero-order valence-electron chi connectivity index (χ0n) is 7.19. The molecule has 0 atom stereocenters. The van der Waals surface area contributed by atoms with E-state index in [1.54, 1.807) is 18.3 Å². The van der Waals surface area contributed by atoms with Crippen molar-refractivity contribution in [3.63, 3.8) is 0 Å². The van der Waals surface area contributed by atoms with Gasteiger partial charge in [-0.25, -0.2) is 9.78 Å². The highest BCUT2D eigenvalue weighted by atomic mass is 16.4. The van der Waals surface area contributed by atoms with Gasteiger partial charge in [0.25, 0.3) is 0 Å². The van der Waals surface area contributed by atoms with Crippen LogP contribution in [-0.2, 0) is 4.79 Å². The third-order valence-corrected chi connectivity index (χ3v) is 1.58. The standard InChI is InChI=1S/C9H10N2O2/c1-6(9(12)13)5-7-3-2-4-11-8(7)10/h2-5H,1H3,(H2,10,11)(H,12,13). The highest BCUT2D eigenvalue weighted by Gasteiger charge is 2.01. The smallest absolute Gasteiger partial charge is 0.331 e. The highest BCUT2D eigenvalue weighted by molar-refractivity contribution is 5.92. The molecule has 0 unspecified atom stereocenters. The Labute approximate surface area is 75.7 Å². The van der Waals surface area contributed by atoms with E-state index in [2.05, 4.69) is 4.98 Å². The summed E-state index contributed by atoms with van der Waals surface area (Å²) in [6.07, 6.45) is 3.05. The molecule has 0 saturated carbocycles. The molecule has 3 N–H and O–H groups in total. The van der Waals surface area contributed by atoms with Gasteiger partial charge in [0.15, 0.2) is 0 Å². The van der Waals surface area contributed by atoms with Crippen molar-refractivity contribution in [1.82, 2.24) is 4.98 Å². The van der Waals surface area contributed by atoms with Gasteiger partial charge in [0.2, 0.25) is 0 Å². The Bertz CT molecular complexity index is 358. The molecule has 0 aliphatic rings. The van der Waals surface area contributed by atoms with Crippen LogP contribution in [0.2, 0.25) is 0 Å². The molecule has 0 bridgehead atoms. The molecule has 0 radical (unpaired) electrons. The molecule has 13 heavy (non-hydrogen) atoms. The molecule has 1 aromatic rings. The van der Waals surface area contributed by atoms with Gasteiger partial charge >= 0.3 is 5.97 Å². The molecule has 0 aliphatic heterocycles. The van der Waals surface area contributed by atoms with Gasteiger partial charge < -0.3 is 10.8 Å². The lowest BCUT2D eigenvalue weighted by Gasteiger charge is -1.98. The number of nitrogens with zero attached hydrogens (tertiary/aromatic N) is 1. The number of aromatic nitrogens is 1. The van der Waals surface area contributed by atoms with E-state index in [0.717, 1.165) is 0 Å². The van der Waals surface area contributed by atoms with Crippen LogP contribution in [0, 0.1) is 0 Å². The molecule has 0 fully saturated rings. The number of carboxylic acids is 1. The molecule has 0 aromatic carbocycles. The monoisotopic (exact) mass is 178 g/mol. The van der Waals surface area contributed by atoms with Crippen LogP contribution in [0.1, 0.15) is 12.5 Å². The largest absolute Gasteiger partial charge is 0.478 e. The normalized spacial score (nSPS) is 11.3. The lowest BCUT2D eigenvalue weighted by atomic mass is 10.2. The maximum atomic E-state index is 10.5. The molecule has 1 aromatic heterocycles. The second-order valence-corrected chi connectivity index (χ2v) is 2.61. The summed E-state index contributed by atoms with van der Waals surface area (Å²) in [4.78, 5) is 14.3. The lowest BCUT2D eigenvalue weighted by Crippen LogP contribution is -1.97. The molecule has 4 heteroatoms. The molecule has 0 saturated heterocycles. The molecule has 1 heterocycles. The number of pyridine rings is 1. The van der Waals surface area contributed by atoms with Crippen molar-refractivity contribution in [2.45, 2.75) is 6.92 Å². The first-order valence-corrected chi connectivity index (χ1v) is 3.73. The van der Waals surface area contributed by atoms with Crippen molar-refractivity contribution in [3.05, 3.63) is 29.5 Å². The summed E-state index contributed by atoms with van der Waals surface area (Å²) in [7, 11) is 0. The number of nitrogens with two attached hydrogens (primary N) is 1. The fourth-order valence-corrected chi connectivity index (χ4v) is 0.847. The first-order valence-electron chi connectivity index (χ1n) is 3.73. The van der Waals surface area contributed by atoms with Gasteiger partial charge in [0.1, 0.15) is 5.82 Å². The minimum atomic E-state index is -0.955. The van der Waals surface area contributed by atoms with E-state index >= 15 is 0 Å². The van der Waals surface area contributed by atoms with Crippen LogP contribution in [0.4, 0.5) is 5.82 Å². The molecular formula is C9H10N2O2. The topological polar surface area (TPSA) is 76.2 Å². The van der Waals surface area contributed by atoms with Gasteiger partial charge in [-0.15, -0.1) is 0 Å². The van der Waals surface area contributed by atoms with Crippen LogP contribution < -0.4 is 5.73 Å². The van der Waals surface area contributed by atoms with Crippen LogP contribution >= 0.6 is 0 Å². The molecule has 68 valence electrons. The Balaban J connectivity index is 3.04. The molecule has 0 aliphatic carbocycles. The lowest BCUT2D eigenvalue weighted by molar-refractivity contribution is -0.132. The molecule has 0 spiro atoms. The summed E-state index contributed by atoms with van der Waals surface area (Å²) >= 11 is 0. The van der Waals surface area contributed by atoms with Crippen molar-refractivity contribution in [2.75, 3.05) is 5.73 Å². The summed E-state index contributed by atoms with van der Waals surface area (Å²) in [6, 6.07) is 3.42. The maximum Gasteiger partial charge on any atom is 0.331 e. The summed E-state index contributed by atoms with van der Waals surface area (Å²) in [5.74, 6) is -0.619. The SMILES string of the molecule is CC(=Cc1cccnc1N)C(=O)O. The van der Waals surface area contributed by atoms with E-state index in [0.29, 0.717) is 11.4 Å². The molecule has 4 nitrogen and oxygen atoms in total. The Morgan fingerprint density at radius 3 is 2.92 bits per heavy atom. The number of nitrogen functional groups attached to an aromatic ring is 1. The van der Waals surface area contributed by atoms with Crippen molar-refractivity contribution in [2.24, 2.45) is 0 Å². The van der Waals surface area contributed by atoms with Gasteiger partial charge in [-0.1, -0.05) is 0 Å². The van der Waals surface area contributed by atoms with Crippen LogP contribution in [0.25, 0.3) is 6.08 Å². The van der Waals surface area contributed by atoms with E-state index < -0.39 is 5.97 Å². The highest BCUT2D eigenvalue weighted by Crippen LogP contribution is 2.11.